The summed E-state index contributed by atoms with van der Waals surface area (Å²) in [6.07, 6.45) is 1.68. The highest BCUT2D eigenvalue weighted by Gasteiger charge is 2.15. The molecule has 4 rings (SSSR count). The third-order valence-electron chi connectivity index (χ3n) is 4.43. The van der Waals surface area contributed by atoms with E-state index in [9.17, 15) is 13.2 Å². The van der Waals surface area contributed by atoms with Crippen molar-refractivity contribution in [2.45, 2.75) is 11.3 Å². The van der Waals surface area contributed by atoms with Gasteiger partial charge in [-0.25, -0.2) is 13.1 Å². The molecule has 0 aliphatic heterocycles. The standard InChI is InChI=1S/C20H18N4O3S/c25-19(23-18-7-3-6-16-13-21-24-20(16)18)10-11-22-28(26,27)17-9-8-14-4-1-2-5-15(14)12-17/h1-9,12-13,22H,10-11H2,(H,21,24)(H,23,25). The van der Waals surface area contributed by atoms with E-state index < -0.39 is 10.0 Å². The first-order valence-corrected chi connectivity index (χ1v) is 10.2. The number of H-pyrrole nitrogens is 1. The number of sulfonamides is 1. The van der Waals surface area contributed by atoms with Crippen LogP contribution in [-0.2, 0) is 14.8 Å². The summed E-state index contributed by atoms with van der Waals surface area (Å²) in [6.45, 7) is -0.0000535. The summed E-state index contributed by atoms with van der Waals surface area (Å²) >= 11 is 0. The molecule has 0 unspecified atom stereocenters. The SMILES string of the molecule is O=C(CCNS(=O)(=O)c1ccc2ccccc2c1)Nc1cccc2cn[nH]c12. The Balaban J connectivity index is 1.39. The van der Waals surface area contributed by atoms with Crippen molar-refractivity contribution in [3.05, 3.63) is 66.9 Å². The number of aromatic amines is 1. The second kappa shape index (κ2) is 7.41. The van der Waals surface area contributed by atoms with E-state index in [-0.39, 0.29) is 23.8 Å². The van der Waals surface area contributed by atoms with Crippen molar-refractivity contribution in [1.82, 2.24) is 14.9 Å². The van der Waals surface area contributed by atoms with Crippen molar-refractivity contribution in [3.8, 4) is 0 Å². The Morgan fingerprint density at radius 2 is 1.75 bits per heavy atom. The summed E-state index contributed by atoms with van der Waals surface area (Å²) in [5, 5.41) is 12.3. The minimum atomic E-state index is -3.69. The van der Waals surface area contributed by atoms with Gasteiger partial charge in [0.25, 0.3) is 0 Å². The zero-order chi connectivity index (χ0) is 19.6. The Morgan fingerprint density at radius 3 is 2.61 bits per heavy atom. The lowest BCUT2D eigenvalue weighted by Gasteiger charge is -2.09. The lowest BCUT2D eigenvalue weighted by molar-refractivity contribution is -0.116. The van der Waals surface area contributed by atoms with Gasteiger partial charge in [0, 0.05) is 18.4 Å². The maximum atomic E-state index is 12.5. The van der Waals surface area contributed by atoms with Gasteiger partial charge in [0.15, 0.2) is 0 Å². The molecule has 28 heavy (non-hydrogen) atoms. The maximum absolute atomic E-state index is 12.5. The molecule has 142 valence electrons. The number of para-hydroxylation sites is 1. The van der Waals surface area contributed by atoms with Gasteiger partial charge >= 0.3 is 0 Å². The summed E-state index contributed by atoms with van der Waals surface area (Å²) in [6, 6.07) is 17.9. The van der Waals surface area contributed by atoms with Crippen molar-refractivity contribution in [1.29, 1.82) is 0 Å². The van der Waals surface area contributed by atoms with Crippen molar-refractivity contribution < 1.29 is 13.2 Å². The first kappa shape index (κ1) is 18.1. The Bertz CT molecular complexity index is 1260. The number of nitrogens with one attached hydrogen (secondary N) is 3. The lowest BCUT2D eigenvalue weighted by Crippen LogP contribution is -2.27. The van der Waals surface area contributed by atoms with Gasteiger partial charge in [0.1, 0.15) is 0 Å². The van der Waals surface area contributed by atoms with E-state index in [1.54, 1.807) is 30.5 Å². The number of hydrogen-bond donors (Lipinski definition) is 3. The molecular formula is C20H18N4O3S. The molecule has 8 heteroatoms. The average Bonchev–Trinajstić information content (AvgIpc) is 3.17. The Hall–Kier alpha value is -3.23. The van der Waals surface area contributed by atoms with Crippen LogP contribution >= 0.6 is 0 Å². The quantitative estimate of drug-likeness (QED) is 0.468. The number of carbonyl (C=O) groups excluding carboxylic acids is 1. The smallest absolute Gasteiger partial charge is 0.240 e. The normalized spacial score (nSPS) is 11.7. The van der Waals surface area contributed by atoms with Crippen LogP contribution < -0.4 is 10.0 Å². The zero-order valence-electron chi connectivity index (χ0n) is 14.8. The van der Waals surface area contributed by atoms with Crippen LogP contribution in [0.15, 0.2) is 71.8 Å². The highest BCUT2D eigenvalue weighted by Crippen LogP contribution is 2.21. The second-order valence-electron chi connectivity index (χ2n) is 6.34. The zero-order valence-corrected chi connectivity index (χ0v) is 15.7. The van der Waals surface area contributed by atoms with E-state index in [0.717, 1.165) is 21.7 Å². The molecule has 0 aliphatic rings. The predicted octanol–water partition coefficient (Wildman–Crippen LogP) is 3.02. The number of nitrogens with zero attached hydrogens (tertiary/aromatic N) is 1. The summed E-state index contributed by atoms with van der Waals surface area (Å²) in [4.78, 5) is 12.4. The number of rotatable bonds is 6. The molecule has 0 saturated carbocycles. The van der Waals surface area contributed by atoms with Crippen LogP contribution in [0.2, 0.25) is 0 Å². The first-order chi connectivity index (χ1) is 13.5. The van der Waals surface area contributed by atoms with E-state index in [1.165, 1.54) is 0 Å². The molecule has 1 heterocycles. The van der Waals surface area contributed by atoms with E-state index in [1.807, 2.05) is 36.4 Å². The minimum Gasteiger partial charge on any atom is -0.324 e. The molecule has 0 atom stereocenters. The lowest BCUT2D eigenvalue weighted by atomic mass is 10.1. The molecule has 3 N–H and O–H groups in total. The van der Waals surface area contributed by atoms with Gasteiger partial charge < -0.3 is 5.32 Å². The maximum Gasteiger partial charge on any atom is 0.240 e. The monoisotopic (exact) mass is 394 g/mol. The third kappa shape index (κ3) is 3.73. The van der Waals surface area contributed by atoms with E-state index in [0.29, 0.717) is 5.69 Å². The van der Waals surface area contributed by atoms with Crippen LogP contribution in [0.1, 0.15) is 6.42 Å². The molecule has 0 aliphatic carbocycles. The van der Waals surface area contributed by atoms with Crippen LogP contribution in [0, 0.1) is 0 Å². The highest BCUT2D eigenvalue weighted by atomic mass is 32.2. The van der Waals surface area contributed by atoms with Crippen molar-refractivity contribution in [2.75, 3.05) is 11.9 Å². The summed E-state index contributed by atoms with van der Waals surface area (Å²) in [5.74, 6) is -0.289. The molecule has 1 amide bonds. The molecule has 4 aromatic rings. The van der Waals surface area contributed by atoms with Gasteiger partial charge in [-0.1, -0.05) is 42.5 Å². The number of benzene rings is 3. The van der Waals surface area contributed by atoms with E-state index in [4.69, 9.17) is 0 Å². The Morgan fingerprint density at radius 1 is 0.964 bits per heavy atom. The average molecular weight is 394 g/mol. The van der Waals surface area contributed by atoms with Crippen LogP contribution in [0.3, 0.4) is 0 Å². The van der Waals surface area contributed by atoms with Gasteiger partial charge in [-0.15, -0.1) is 0 Å². The van der Waals surface area contributed by atoms with Gasteiger partial charge in [0.05, 0.1) is 22.3 Å². The van der Waals surface area contributed by atoms with E-state index >= 15 is 0 Å². The van der Waals surface area contributed by atoms with Gasteiger partial charge in [-0.05, 0) is 29.0 Å². The predicted molar refractivity (Wildman–Crippen MR) is 108 cm³/mol. The number of amides is 1. The number of anilines is 1. The van der Waals surface area contributed by atoms with Crippen molar-refractivity contribution >= 4 is 43.3 Å². The summed E-state index contributed by atoms with van der Waals surface area (Å²) < 4.78 is 27.5. The molecule has 7 nitrogen and oxygen atoms in total. The molecule has 0 saturated heterocycles. The topological polar surface area (TPSA) is 104 Å². The van der Waals surface area contributed by atoms with E-state index in [2.05, 4.69) is 20.2 Å². The highest BCUT2D eigenvalue weighted by molar-refractivity contribution is 7.89. The van der Waals surface area contributed by atoms with Crippen LogP contribution in [-0.4, -0.2) is 31.1 Å². The molecule has 1 aromatic heterocycles. The summed E-state index contributed by atoms with van der Waals surface area (Å²) in [5.41, 5.74) is 1.34. The molecule has 0 radical (unpaired) electrons. The van der Waals surface area contributed by atoms with Crippen LogP contribution in [0.5, 0.6) is 0 Å². The second-order valence-corrected chi connectivity index (χ2v) is 8.11. The number of hydrogen-bond acceptors (Lipinski definition) is 4. The fourth-order valence-electron chi connectivity index (χ4n) is 3.00. The fraction of sp³-hybridized carbons (Fsp3) is 0.100. The number of fused-ring (bicyclic) bond motifs is 2. The van der Waals surface area contributed by atoms with Gasteiger partial charge in [-0.3, -0.25) is 9.89 Å². The fourth-order valence-corrected chi connectivity index (χ4v) is 4.07. The first-order valence-electron chi connectivity index (χ1n) is 8.73. The van der Waals surface area contributed by atoms with Crippen molar-refractivity contribution in [2.24, 2.45) is 0 Å². The largest absolute Gasteiger partial charge is 0.324 e. The summed E-state index contributed by atoms with van der Waals surface area (Å²) in [7, 11) is -3.69. The van der Waals surface area contributed by atoms with Crippen molar-refractivity contribution in [3.63, 3.8) is 0 Å². The van der Waals surface area contributed by atoms with Gasteiger partial charge in [-0.2, -0.15) is 5.10 Å². The third-order valence-corrected chi connectivity index (χ3v) is 5.88. The minimum absolute atomic E-state index is 0.0000535. The van der Waals surface area contributed by atoms with Crippen LogP contribution in [0.25, 0.3) is 21.7 Å². The molecule has 0 bridgehead atoms. The number of carbonyl (C=O) groups is 1. The molecule has 0 fully saturated rings. The molecule has 0 spiro atoms. The Labute approximate surface area is 161 Å². The number of aromatic nitrogens is 2. The molecular weight excluding hydrogens is 376 g/mol. The molecule has 3 aromatic carbocycles. The Kier molecular flexibility index (Phi) is 4.81. The van der Waals surface area contributed by atoms with Crippen LogP contribution in [0.4, 0.5) is 5.69 Å². The van der Waals surface area contributed by atoms with Gasteiger partial charge in [0.2, 0.25) is 15.9 Å².